The van der Waals surface area contributed by atoms with E-state index in [-0.39, 0.29) is 16.8 Å². The molecule has 144 valence electrons. The van der Waals surface area contributed by atoms with Gasteiger partial charge in [-0.15, -0.1) is 0 Å². The second kappa shape index (κ2) is 9.00. The van der Waals surface area contributed by atoms with Gasteiger partial charge in [0.2, 0.25) is 15.9 Å². The van der Waals surface area contributed by atoms with Crippen molar-refractivity contribution in [3.63, 3.8) is 0 Å². The molecular formula is C17H27N5O3S. The minimum Gasteiger partial charge on any atom is -0.357 e. The van der Waals surface area contributed by atoms with E-state index in [1.54, 1.807) is 12.1 Å². The third-order valence-electron chi connectivity index (χ3n) is 4.18. The van der Waals surface area contributed by atoms with E-state index in [1.807, 2.05) is 18.7 Å². The van der Waals surface area contributed by atoms with Gasteiger partial charge < -0.3 is 15.5 Å². The first-order valence-corrected chi connectivity index (χ1v) is 10.3. The summed E-state index contributed by atoms with van der Waals surface area (Å²) in [5, 5.41) is 11.7. The lowest BCUT2D eigenvalue weighted by Crippen LogP contribution is -2.45. The molecule has 0 aromatic heterocycles. The SMILES string of the molecule is CCNC(=NCc1cccc(S(N)(=O)=O)c1)NC1CCN(C(=O)CC)C1. The van der Waals surface area contributed by atoms with Crippen LogP contribution in [0.1, 0.15) is 32.3 Å². The fourth-order valence-corrected chi connectivity index (χ4v) is 3.42. The quantitative estimate of drug-likeness (QED) is 0.487. The molecule has 8 nitrogen and oxygen atoms in total. The molecule has 0 radical (unpaired) electrons. The zero-order valence-corrected chi connectivity index (χ0v) is 16.1. The summed E-state index contributed by atoms with van der Waals surface area (Å²) < 4.78 is 22.9. The molecule has 1 atom stereocenters. The van der Waals surface area contributed by atoms with E-state index in [0.29, 0.717) is 32.0 Å². The summed E-state index contributed by atoms with van der Waals surface area (Å²) in [6.45, 7) is 6.28. The van der Waals surface area contributed by atoms with Gasteiger partial charge in [0, 0.05) is 32.1 Å². The van der Waals surface area contributed by atoms with Gasteiger partial charge in [-0.1, -0.05) is 19.1 Å². The number of nitrogens with zero attached hydrogens (tertiary/aromatic N) is 2. The standard InChI is InChI=1S/C17H27N5O3S/c1-3-16(23)22-9-8-14(12-22)21-17(19-4-2)20-11-13-6-5-7-15(10-13)26(18,24)25/h5-7,10,14H,3-4,8-9,11-12H2,1-2H3,(H2,18,24,25)(H2,19,20,21). The Kier molecular flexibility index (Phi) is 6.98. The molecule has 1 aromatic rings. The van der Waals surface area contributed by atoms with Crippen LogP contribution < -0.4 is 15.8 Å². The fourth-order valence-electron chi connectivity index (χ4n) is 2.83. The Balaban J connectivity index is 2.02. The third kappa shape index (κ3) is 5.70. The van der Waals surface area contributed by atoms with Crippen LogP contribution in [0.15, 0.2) is 34.2 Å². The predicted molar refractivity (Wildman–Crippen MR) is 101 cm³/mol. The summed E-state index contributed by atoms with van der Waals surface area (Å²) in [4.78, 5) is 18.2. The summed E-state index contributed by atoms with van der Waals surface area (Å²) in [6, 6.07) is 6.59. The number of amides is 1. The van der Waals surface area contributed by atoms with Gasteiger partial charge in [0.05, 0.1) is 11.4 Å². The van der Waals surface area contributed by atoms with Gasteiger partial charge in [0.25, 0.3) is 0 Å². The molecule has 26 heavy (non-hydrogen) atoms. The Morgan fingerprint density at radius 1 is 1.38 bits per heavy atom. The smallest absolute Gasteiger partial charge is 0.238 e. The van der Waals surface area contributed by atoms with Crippen molar-refractivity contribution in [3.8, 4) is 0 Å². The van der Waals surface area contributed by atoms with Crippen LogP contribution in [0.4, 0.5) is 0 Å². The number of hydrogen-bond donors (Lipinski definition) is 3. The summed E-state index contributed by atoms with van der Waals surface area (Å²) >= 11 is 0. The molecule has 9 heteroatoms. The lowest BCUT2D eigenvalue weighted by atomic mass is 10.2. The Bertz CT molecular complexity index is 763. The predicted octanol–water partition coefficient (Wildman–Crippen LogP) is 0.400. The number of hydrogen-bond acceptors (Lipinski definition) is 4. The second-order valence-corrected chi connectivity index (χ2v) is 7.77. The number of nitrogens with one attached hydrogen (secondary N) is 2. The molecule has 1 heterocycles. The van der Waals surface area contributed by atoms with Gasteiger partial charge >= 0.3 is 0 Å². The average Bonchev–Trinajstić information content (AvgIpc) is 3.07. The number of primary sulfonamides is 1. The summed E-state index contributed by atoms with van der Waals surface area (Å²) in [5.74, 6) is 0.806. The molecule has 2 rings (SSSR count). The second-order valence-electron chi connectivity index (χ2n) is 6.21. The molecule has 4 N–H and O–H groups in total. The van der Waals surface area contributed by atoms with Gasteiger partial charge in [-0.3, -0.25) is 4.79 Å². The van der Waals surface area contributed by atoms with E-state index < -0.39 is 10.0 Å². The van der Waals surface area contributed by atoms with Crippen molar-refractivity contribution >= 4 is 21.9 Å². The van der Waals surface area contributed by atoms with Crippen molar-refractivity contribution in [1.82, 2.24) is 15.5 Å². The molecule has 1 fully saturated rings. The lowest BCUT2D eigenvalue weighted by molar-refractivity contribution is -0.129. The van der Waals surface area contributed by atoms with Crippen LogP contribution in [-0.4, -0.2) is 50.9 Å². The first-order valence-electron chi connectivity index (χ1n) is 8.77. The number of guanidine groups is 1. The van der Waals surface area contributed by atoms with Crippen LogP contribution in [0.2, 0.25) is 0 Å². The maximum absolute atomic E-state index is 11.8. The van der Waals surface area contributed by atoms with Crippen LogP contribution in [0.3, 0.4) is 0 Å². The molecule has 1 aromatic carbocycles. The van der Waals surface area contributed by atoms with Crippen molar-refractivity contribution in [2.45, 2.75) is 44.2 Å². The van der Waals surface area contributed by atoms with E-state index >= 15 is 0 Å². The maximum atomic E-state index is 11.8. The van der Waals surface area contributed by atoms with Crippen LogP contribution in [0.5, 0.6) is 0 Å². The Morgan fingerprint density at radius 3 is 2.81 bits per heavy atom. The Labute approximate surface area is 154 Å². The highest BCUT2D eigenvalue weighted by molar-refractivity contribution is 7.89. The molecule has 0 saturated carbocycles. The number of likely N-dealkylation sites (tertiary alicyclic amines) is 1. The molecule has 1 aliphatic heterocycles. The fraction of sp³-hybridized carbons (Fsp3) is 0.529. The lowest BCUT2D eigenvalue weighted by Gasteiger charge is -2.18. The molecule has 1 amide bonds. The molecule has 0 aliphatic carbocycles. The van der Waals surface area contributed by atoms with Gasteiger partial charge in [-0.25, -0.2) is 18.5 Å². The van der Waals surface area contributed by atoms with E-state index in [2.05, 4.69) is 15.6 Å². The van der Waals surface area contributed by atoms with Gasteiger partial charge in [0.1, 0.15) is 0 Å². The minimum atomic E-state index is -3.73. The van der Waals surface area contributed by atoms with E-state index in [9.17, 15) is 13.2 Å². The zero-order valence-electron chi connectivity index (χ0n) is 15.2. The first kappa shape index (κ1) is 20.2. The molecule has 0 spiro atoms. The van der Waals surface area contributed by atoms with Gasteiger partial charge in [-0.2, -0.15) is 0 Å². The highest BCUT2D eigenvalue weighted by Crippen LogP contribution is 2.12. The third-order valence-corrected chi connectivity index (χ3v) is 5.09. The number of rotatable bonds is 6. The van der Waals surface area contributed by atoms with Crippen molar-refractivity contribution in [3.05, 3.63) is 29.8 Å². The highest BCUT2D eigenvalue weighted by Gasteiger charge is 2.25. The Morgan fingerprint density at radius 2 is 2.15 bits per heavy atom. The van der Waals surface area contributed by atoms with Crippen molar-refractivity contribution in [2.24, 2.45) is 10.1 Å². The van der Waals surface area contributed by atoms with E-state index in [4.69, 9.17) is 5.14 Å². The number of aliphatic imine (C=N–C) groups is 1. The monoisotopic (exact) mass is 381 g/mol. The number of benzene rings is 1. The van der Waals surface area contributed by atoms with Crippen molar-refractivity contribution in [2.75, 3.05) is 19.6 Å². The molecule has 1 unspecified atom stereocenters. The summed E-state index contributed by atoms with van der Waals surface area (Å²) in [5.41, 5.74) is 0.753. The van der Waals surface area contributed by atoms with Crippen LogP contribution in [-0.2, 0) is 21.4 Å². The Hall–Kier alpha value is -2.13. The number of carbonyl (C=O) groups is 1. The molecule has 0 bridgehead atoms. The average molecular weight is 382 g/mol. The normalized spacial score (nSPS) is 18.0. The van der Waals surface area contributed by atoms with E-state index in [0.717, 1.165) is 18.5 Å². The van der Waals surface area contributed by atoms with E-state index in [1.165, 1.54) is 12.1 Å². The minimum absolute atomic E-state index is 0.0765. The number of carbonyl (C=O) groups excluding carboxylic acids is 1. The van der Waals surface area contributed by atoms with Crippen molar-refractivity contribution in [1.29, 1.82) is 0 Å². The largest absolute Gasteiger partial charge is 0.357 e. The van der Waals surface area contributed by atoms with Crippen molar-refractivity contribution < 1.29 is 13.2 Å². The van der Waals surface area contributed by atoms with Gasteiger partial charge in [-0.05, 0) is 31.0 Å². The first-order chi connectivity index (χ1) is 12.3. The summed E-state index contributed by atoms with van der Waals surface area (Å²) in [6.07, 6.45) is 1.39. The zero-order chi connectivity index (χ0) is 19.2. The summed E-state index contributed by atoms with van der Waals surface area (Å²) in [7, 11) is -3.73. The van der Waals surface area contributed by atoms with Crippen LogP contribution >= 0.6 is 0 Å². The maximum Gasteiger partial charge on any atom is 0.238 e. The van der Waals surface area contributed by atoms with Crippen LogP contribution in [0.25, 0.3) is 0 Å². The number of nitrogens with two attached hydrogens (primary N) is 1. The molecule has 1 saturated heterocycles. The molecular weight excluding hydrogens is 354 g/mol. The number of sulfonamides is 1. The highest BCUT2D eigenvalue weighted by atomic mass is 32.2. The molecule has 1 aliphatic rings. The topological polar surface area (TPSA) is 117 Å². The van der Waals surface area contributed by atoms with Gasteiger partial charge in [0.15, 0.2) is 5.96 Å². The van der Waals surface area contributed by atoms with Crippen LogP contribution in [0, 0.1) is 0 Å².